The molecule has 0 saturated heterocycles. The molecule has 0 aliphatic rings. The van der Waals surface area contributed by atoms with Gasteiger partial charge in [0.05, 0.1) is 6.61 Å². The van der Waals surface area contributed by atoms with E-state index < -0.39 is 0 Å². The lowest BCUT2D eigenvalue weighted by Crippen LogP contribution is -2.05. The molecule has 0 aliphatic heterocycles. The van der Waals surface area contributed by atoms with Crippen LogP contribution in [0, 0.1) is 5.92 Å². The van der Waals surface area contributed by atoms with Gasteiger partial charge in [-0.3, -0.25) is 0 Å². The van der Waals surface area contributed by atoms with Crippen LogP contribution in [-0.4, -0.2) is 16.6 Å². The summed E-state index contributed by atoms with van der Waals surface area (Å²) < 4.78 is 5.55. The van der Waals surface area contributed by atoms with Crippen molar-refractivity contribution < 1.29 is 4.74 Å². The molecule has 0 spiro atoms. The van der Waals surface area contributed by atoms with Gasteiger partial charge in [-0.2, -0.15) is 4.98 Å². The third-order valence-electron chi connectivity index (χ3n) is 2.14. The molecular formula is C12H19ClN2O. The van der Waals surface area contributed by atoms with Gasteiger partial charge in [0, 0.05) is 12.5 Å². The van der Waals surface area contributed by atoms with Gasteiger partial charge in [0.1, 0.15) is 11.0 Å². The van der Waals surface area contributed by atoms with Crippen molar-refractivity contribution in [3.05, 3.63) is 17.0 Å². The fraction of sp³-hybridized carbons (Fsp3) is 0.667. The van der Waals surface area contributed by atoms with Gasteiger partial charge in [-0.05, 0) is 18.8 Å². The molecule has 1 rings (SSSR count). The van der Waals surface area contributed by atoms with Crippen molar-refractivity contribution in [2.45, 2.75) is 40.0 Å². The lowest BCUT2D eigenvalue weighted by Gasteiger charge is -2.08. The van der Waals surface area contributed by atoms with E-state index in [9.17, 15) is 0 Å². The predicted octanol–water partition coefficient (Wildman–Crippen LogP) is 3.51. The van der Waals surface area contributed by atoms with E-state index in [1.807, 2.05) is 0 Å². The predicted molar refractivity (Wildman–Crippen MR) is 66.0 cm³/mol. The zero-order valence-corrected chi connectivity index (χ0v) is 10.9. The van der Waals surface area contributed by atoms with Gasteiger partial charge in [0.2, 0.25) is 5.88 Å². The van der Waals surface area contributed by atoms with Crippen molar-refractivity contribution >= 4 is 11.6 Å². The van der Waals surface area contributed by atoms with Crippen LogP contribution in [-0.2, 0) is 6.42 Å². The molecule has 0 unspecified atom stereocenters. The van der Waals surface area contributed by atoms with Gasteiger partial charge in [-0.1, -0.05) is 32.4 Å². The van der Waals surface area contributed by atoms with Gasteiger partial charge in [0.15, 0.2) is 0 Å². The van der Waals surface area contributed by atoms with Crippen molar-refractivity contribution in [1.29, 1.82) is 0 Å². The molecule has 0 aromatic carbocycles. The van der Waals surface area contributed by atoms with E-state index >= 15 is 0 Å². The first-order valence-corrected chi connectivity index (χ1v) is 6.16. The Morgan fingerprint density at radius 1 is 1.38 bits per heavy atom. The largest absolute Gasteiger partial charge is 0.478 e. The Morgan fingerprint density at radius 3 is 2.75 bits per heavy atom. The second-order valence-corrected chi connectivity index (χ2v) is 4.61. The summed E-state index contributed by atoms with van der Waals surface area (Å²) in [5.41, 5.74) is 0. The second kappa shape index (κ2) is 6.69. The molecule has 1 aromatic heterocycles. The van der Waals surface area contributed by atoms with Crippen LogP contribution < -0.4 is 4.74 Å². The van der Waals surface area contributed by atoms with Crippen molar-refractivity contribution in [3.63, 3.8) is 0 Å². The summed E-state index contributed by atoms with van der Waals surface area (Å²) in [6, 6.07) is 1.67. The van der Waals surface area contributed by atoms with Crippen LogP contribution in [0.3, 0.4) is 0 Å². The Labute approximate surface area is 102 Å². The average Bonchev–Trinajstić information content (AvgIpc) is 2.16. The van der Waals surface area contributed by atoms with Crippen LogP contribution in [0.2, 0.25) is 5.15 Å². The molecule has 0 bridgehead atoms. The standard InChI is InChI=1S/C12H19ClN2O/c1-4-5-11-14-10(13)8-12(15-11)16-7-6-9(2)3/h8-9H,4-7H2,1-3H3. The van der Waals surface area contributed by atoms with Crippen molar-refractivity contribution in [2.24, 2.45) is 5.92 Å². The second-order valence-electron chi connectivity index (χ2n) is 4.23. The number of aromatic nitrogens is 2. The number of halogens is 1. The van der Waals surface area contributed by atoms with E-state index in [0.717, 1.165) is 25.1 Å². The summed E-state index contributed by atoms with van der Waals surface area (Å²) in [7, 11) is 0. The Morgan fingerprint density at radius 2 is 2.12 bits per heavy atom. The Bertz CT molecular complexity index is 329. The number of hydrogen-bond donors (Lipinski definition) is 0. The summed E-state index contributed by atoms with van der Waals surface area (Å²) in [6.45, 7) is 7.10. The SMILES string of the molecule is CCCc1nc(Cl)cc(OCCC(C)C)n1. The van der Waals surface area contributed by atoms with E-state index in [1.54, 1.807) is 6.07 Å². The van der Waals surface area contributed by atoms with Crippen LogP contribution in [0.15, 0.2) is 6.07 Å². The topological polar surface area (TPSA) is 35.0 Å². The fourth-order valence-corrected chi connectivity index (χ4v) is 1.44. The maximum atomic E-state index is 5.90. The van der Waals surface area contributed by atoms with Gasteiger partial charge in [-0.25, -0.2) is 4.98 Å². The molecule has 16 heavy (non-hydrogen) atoms. The molecule has 90 valence electrons. The number of rotatable bonds is 6. The Kier molecular flexibility index (Phi) is 5.53. The average molecular weight is 243 g/mol. The molecule has 0 N–H and O–H groups in total. The number of aryl methyl sites for hydroxylation is 1. The van der Waals surface area contributed by atoms with Crippen molar-refractivity contribution in [2.75, 3.05) is 6.61 Å². The zero-order valence-electron chi connectivity index (χ0n) is 10.2. The van der Waals surface area contributed by atoms with Gasteiger partial charge < -0.3 is 4.74 Å². The molecule has 0 fully saturated rings. The number of ether oxygens (including phenoxy) is 1. The highest BCUT2D eigenvalue weighted by molar-refractivity contribution is 6.29. The zero-order chi connectivity index (χ0) is 12.0. The molecular weight excluding hydrogens is 224 g/mol. The van der Waals surface area contributed by atoms with Crippen LogP contribution in [0.4, 0.5) is 0 Å². The maximum absolute atomic E-state index is 5.90. The normalized spacial score (nSPS) is 10.8. The quantitative estimate of drug-likeness (QED) is 0.716. The summed E-state index contributed by atoms with van der Waals surface area (Å²) in [5, 5.41) is 0.456. The van der Waals surface area contributed by atoms with Gasteiger partial charge in [0.25, 0.3) is 0 Å². The Balaban J connectivity index is 2.58. The third-order valence-corrected chi connectivity index (χ3v) is 2.33. The molecule has 0 atom stereocenters. The van der Waals surface area contributed by atoms with E-state index in [4.69, 9.17) is 16.3 Å². The fourth-order valence-electron chi connectivity index (χ4n) is 1.25. The monoisotopic (exact) mass is 242 g/mol. The molecule has 4 heteroatoms. The van der Waals surface area contributed by atoms with E-state index in [-0.39, 0.29) is 0 Å². The minimum atomic E-state index is 0.456. The minimum Gasteiger partial charge on any atom is -0.478 e. The molecule has 1 aromatic rings. The van der Waals surface area contributed by atoms with Crippen LogP contribution >= 0.6 is 11.6 Å². The molecule has 0 radical (unpaired) electrons. The van der Waals surface area contributed by atoms with E-state index in [1.165, 1.54) is 0 Å². The van der Waals surface area contributed by atoms with E-state index in [0.29, 0.717) is 23.6 Å². The smallest absolute Gasteiger partial charge is 0.218 e. The Hall–Kier alpha value is -0.830. The van der Waals surface area contributed by atoms with Gasteiger partial charge in [-0.15, -0.1) is 0 Å². The molecule has 0 aliphatic carbocycles. The lowest BCUT2D eigenvalue weighted by molar-refractivity contribution is 0.278. The summed E-state index contributed by atoms with van der Waals surface area (Å²) in [6.07, 6.45) is 2.86. The first kappa shape index (κ1) is 13.2. The highest BCUT2D eigenvalue weighted by atomic mass is 35.5. The molecule has 1 heterocycles. The van der Waals surface area contributed by atoms with Crippen molar-refractivity contribution in [1.82, 2.24) is 9.97 Å². The maximum Gasteiger partial charge on any atom is 0.218 e. The summed E-state index contributed by atoms with van der Waals surface area (Å²) >= 11 is 5.90. The van der Waals surface area contributed by atoms with E-state index in [2.05, 4.69) is 30.7 Å². The van der Waals surface area contributed by atoms with Crippen LogP contribution in [0.5, 0.6) is 5.88 Å². The number of hydrogen-bond acceptors (Lipinski definition) is 3. The molecule has 0 saturated carbocycles. The summed E-state index contributed by atoms with van der Waals surface area (Å²) in [4.78, 5) is 8.44. The highest BCUT2D eigenvalue weighted by Gasteiger charge is 2.04. The van der Waals surface area contributed by atoms with Gasteiger partial charge >= 0.3 is 0 Å². The first-order chi connectivity index (χ1) is 7.61. The highest BCUT2D eigenvalue weighted by Crippen LogP contribution is 2.15. The number of nitrogens with zero attached hydrogens (tertiary/aromatic N) is 2. The van der Waals surface area contributed by atoms with Crippen LogP contribution in [0.1, 0.15) is 39.4 Å². The first-order valence-electron chi connectivity index (χ1n) is 5.78. The van der Waals surface area contributed by atoms with Crippen LogP contribution in [0.25, 0.3) is 0 Å². The lowest BCUT2D eigenvalue weighted by atomic mass is 10.1. The minimum absolute atomic E-state index is 0.456. The van der Waals surface area contributed by atoms with Crippen molar-refractivity contribution in [3.8, 4) is 5.88 Å². The molecule has 3 nitrogen and oxygen atoms in total. The third kappa shape index (κ3) is 4.79. The molecule has 0 amide bonds. The summed E-state index contributed by atoms with van der Waals surface area (Å²) in [5.74, 6) is 1.98.